The molecule has 2 rings (SSSR count). The van der Waals surface area contributed by atoms with E-state index in [9.17, 15) is 9.90 Å². The predicted octanol–water partition coefficient (Wildman–Crippen LogP) is 1.32. The van der Waals surface area contributed by atoms with Gasteiger partial charge in [0.2, 0.25) is 5.91 Å². The Hall–Kier alpha value is -1.55. The minimum atomic E-state index is -0.154. The van der Waals surface area contributed by atoms with Gasteiger partial charge in [0.25, 0.3) is 0 Å². The van der Waals surface area contributed by atoms with E-state index in [2.05, 4.69) is 10.6 Å². The highest BCUT2D eigenvalue weighted by molar-refractivity contribution is 5.82. The lowest BCUT2D eigenvalue weighted by atomic mass is 10.0. The molecule has 2 atom stereocenters. The molecule has 2 unspecified atom stereocenters. The Morgan fingerprint density at radius 2 is 2.24 bits per heavy atom. The fourth-order valence-corrected chi connectivity index (χ4v) is 2.18. The second-order valence-corrected chi connectivity index (χ2v) is 4.43. The highest BCUT2D eigenvalue weighted by Crippen LogP contribution is 2.24. The Labute approximate surface area is 101 Å². The normalized spacial score (nSPS) is 21.9. The number of hydrogen-bond acceptors (Lipinski definition) is 3. The number of hydrogen-bond donors (Lipinski definition) is 3. The first-order valence-electron chi connectivity index (χ1n) is 6.00. The van der Waals surface area contributed by atoms with Crippen molar-refractivity contribution in [3.63, 3.8) is 0 Å². The average molecular weight is 234 g/mol. The maximum absolute atomic E-state index is 11.6. The monoisotopic (exact) mass is 234 g/mol. The molecule has 1 aliphatic rings. The number of rotatable bonds is 3. The first kappa shape index (κ1) is 11.9. The standard InChI is InChI=1S/C13H18N2O2/c1-9(10-5-2-3-7-12(10)16)15-11-6-4-8-14-13(11)17/h2-3,5,7,9,11,15-16H,4,6,8H2,1H3,(H,14,17). The van der Waals surface area contributed by atoms with Crippen LogP contribution in [0.1, 0.15) is 31.4 Å². The average Bonchev–Trinajstić information content (AvgIpc) is 2.32. The summed E-state index contributed by atoms with van der Waals surface area (Å²) in [6, 6.07) is 7.01. The van der Waals surface area contributed by atoms with Gasteiger partial charge in [-0.05, 0) is 25.8 Å². The van der Waals surface area contributed by atoms with E-state index >= 15 is 0 Å². The van der Waals surface area contributed by atoms with Crippen LogP contribution in [0.3, 0.4) is 0 Å². The van der Waals surface area contributed by atoms with Crippen molar-refractivity contribution < 1.29 is 9.90 Å². The van der Waals surface area contributed by atoms with Gasteiger partial charge in [-0.25, -0.2) is 0 Å². The fourth-order valence-electron chi connectivity index (χ4n) is 2.18. The van der Waals surface area contributed by atoms with Crippen molar-refractivity contribution in [2.24, 2.45) is 0 Å². The van der Waals surface area contributed by atoms with Crippen LogP contribution >= 0.6 is 0 Å². The SMILES string of the molecule is CC(NC1CCCNC1=O)c1ccccc1O. The third kappa shape index (κ3) is 2.77. The summed E-state index contributed by atoms with van der Waals surface area (Å²) in [6.07, 6.45) is 1.85. The molecule has 1 fully saturated rings. The summed E-state index contributed by atoms with van der Waals surface area (Å²) < 4.78 is 0. The van der Waals surface area contributed by atoms with E-state index in [1.807, 2.05) is 19.1 Å². The van der Waals surface area contributed by atoms with Gasteiger partial charge in [-0.2, -0.15) is 0 Å². The van der Waals surface area contributed by atoms with Gasteiger partial charge in [0.05, 0.1) is 6.04 Å². The van der Waals surface area contributed by atoms with Crippen LogP contribution in [0.4, 0.5) is 0 Å². The van der Waals surface area contributed by atoms with Gasteiger partial charge in [0, 0.05) is 18.2 Å². The molecule has 4 heteroatoms. The molecule has 0 bridgehead atoms. The van der Waals surface area contributed by atoms with Gasteiger partial charge < -0.3 is 10.4 Å². The summed E-state index contributed by atoms with van der Waals surface area (Å²) in [5.41, 5.74) is 0.825. The zero-order valence-electron chi connectivity index (χ0n) is 9.94. The van der Waals surface area contributed by atoms with E-state index < -0.39 is 0 Å². The molecule has 0 aliphatic carbocycles. The summed E-state index contributed by atoms with van der Waals surface area (Å²) in [5.74, 6) is 0.322. The van der Waals surface area contributed by atoms with Crippen molar-refractivity contribution in [2.75, 3.05) is 6.54 Å². The summed E-state index contributed by atoms with van der Waals surface area (Å²) >= 11 is 0. The van der Waals surface area contributed by atoms with Crippen LogP contribution in [0.5, 0.6) is 5.75 Å². The Bertz CT molecular complexity index is 406. The fraction of sp³-hybridized carbons (Fsp3) is 0.462. The molecule has 17 heavy (non-hydrogen) atoms. The predicted molar refractivity (Wildman–Crippen MR) is 65.7 cm³/mol. The van der Waals surface area contributed by atoms with E-state index in [-0.39, 0.29) is 23.7 Å². The number of benzene rings is 1. The summed E-state index contributed by atoms with van der Waals surface area (Å²) in [7, 11) is 0. The van der Waals surface area contributed by atoms with Gasteiger partial charge in [0.15, 0.2) is 0 Å². The quantitative estimate of drug-likeness (QED) is 0.739. The van der Waals surface area contributed by atoms with Gasteiger partial charge in [-0.3, -0.25) is 10.1 Å². The Morgan fingerprint density at radius 1 is 1.47 bits per heavy atom. The zero-order valence-corrected chi connectivity index (χ0v) is 9.94. The largest absolute Gasteiger partial charge is 0.508 e. The molecule has 4 nitrogen and oxygen atoms in total. The second-order valence-electron chi connectivity index (χ2n) is 4.43. The first-order valence-corrected chi connectivity index (χ1v) is 6.00. The second kappa shape index (κ2) is 5.19. The molecule has 1 aromatic carbocycles. The van der Waals surface area contributed by atoms with Crippen LogP contribution in [-0.2, 0) is 4.79 Å². The lowest BCUT2D eigenvalue weighted by molar-refractivity contribution is -0.124. The summed E-state index contributed by atoms with van der Waals surface area (Å²) in [6.45, 7) is 2.72. The van der Waals surface area contributed by atoms with Crippen molar-refractivity contribution in [1.29, 1.82) is 0 Å². The molecular weight excluding hydrogens is 216 g/mol. The molecule has 0 radical (unpaired) electrons. The molecule has 0 saturated carbocycles. The van der Waals surface area contributed by atoms with E-state index in [1.54, 1.807) is 12.1 Å². The lowest BCUT2D eigenvalue weighted by Gasteiger charge is -2.26. The van der Waals surface area contributed by atoms with Gasteiger partial charge >= 0.3 is 0 Å². The molecule has 3 N–H and O–H groups in total. The number of para-hydroxylation sites is 1. The third-order valence-electron chi connectivity index (χ3n) is 3.14. The smallest absolute Gasteiger partial charge is 0.237 e. The summed E-state index contributed by atoms with van der Waals surface area (Å²) in [4.78, 5) is 11.6. The van der Waals surface area contributed by atoms with E-state index in [0.29, 0.717) is 0 Å². The number of piperidine rings is 1. The van der Waals surface area contributed by atoms with Gasteiger partial charge in [0.1, 0.15) is 5.75 Å². The topological polar surface area (TPSA) is 61.4 Å². The van der Waals surface area contributed by atoms with Gasteiger partial charge in [-0.1, -0.05) is 18.2 Å². The summed E-state index contributed by atoms with van der Waals surface area (Å²) in [5, 5.41) is 15.8. The zero-order chi connectivity index (χ0) is 12.3. The van der Waals surface area contributed by atoms with Crippen LogP contribution in [0.2, 0.25) is 0 Å². The maximum atomic E-state index is 11.6. The van der Waals surface area contributed by atoms with Crippen molar-refractivity contribution in [2.45, 2.75) is 31.8 Å². The number of amides is 1. The highest BCUT2D eigenvalue weighted by atomic mass is 16.3. The van der Waals surface area contributed by atoms with Crippen molar-refractivity contribution in [3.8, 4) is 5.75 Å². The number of nitrogens with one attached hydrogen (secondary N) is 2. The van der Waals surface area contributed by atoms with Crippen LogP contribution < -0.4 is 10.6 Å². The first-order chi connectivity index (χ1) is 8.18. The molecule has 0 spiro atoms. The van der Waals surface area contributed by atoms with Crippen LogP contribution in [0.15, 0.2) is 24.3 Å². The number of phenolic OH excluding ortho intramolecular Hbond substituents is 1. The third-order valence-corrected chi connectivity index (χ3v) is 3.14. The Kier molecular flexibility index (Phi) is 3.64. The molecule has 1 heterocycles. The molecule has 92 valence electrons. The van der Waals surface area contributed by atoms with Crippen molar-refractivity contribution in [3.05, 3.63) is 29.8 Å². The number of carbonyl (C=O) groups excluding carboxylic acids is 1. The van der Waals surface area contributed by atoms with Crippen LogP contribution in [0, 0.1) is 0 Å². The number of aromatic hydroxyl groups is 1. The highest BCUT2D eigenvalue weighted by Gasteiger charge is 2.24. The molecule has 1 amide bonds. The Balaban J connectivity index is 2.03. The Morgan fingerprint density at radius 3 is 2.94 bits per heavy atom. The van der Waals surface area contributed by atoms with Gasteiger partial charge in [-0.15, -0.1) is 0 Å². The minimum Gasteiger partial charge on any atom is -0.508 e. The molecular formula is C13H18N2O2. The number of phenols is 1. The number of carbonyl (C=O) groups is 1. The molecule has 0 aromatic heterocycles. The lowest BCUT2D eigenvalue weighted by Crippen LogP contribution is -2.48. The van der Waals surface area contributed by atoms with E-state index in [1.165, 1.54) is 0 Å². The van der Waals surface area contributed by atoms with E-state index in [4.69, 9.17) is 0 Å². The maximum Gasteiger partial charge on any atom is 0.237 e. The van der Waals surface area contributed by atoms with Crippen molar-refractivity contribution in [1.82, 2.24) is 10.6 Å². The van der Waals surface area contributed by atoms with E-state index in [0.717, 1.165) is 24.9 Å². The van der Waals surface area contributed by atoms with Crippen LogP contribution in [-0.4, -0.2) is 23.6 Å². The molecule has 1 saturated heterocycles. The van der Waals surface area contributed by atoms with Crippen molar-refractivity contribution >= 4 is 5.91 Å². The molecule has 1 aromatic rings. The minimum absolute atomic E-state index is 0.0370. The van der Waals surface area contributed by atoms with Crippen LogP contribution in [0.25, 0.3) is 0 Å². The molecule has 1 aliphatic heterocycles.